The molecule has 0 aromatic carbocycles. The number of carboxylic acids is 1. The zero-order valence-electron chi connectivity index (χ0n) is 9.93. The van der Waals surface area contributed by atoms with Gasteiger partial charge < -0.3 is 10.4 Å². The number of carbonyl (C=O) groups excluding carboxylic acids is 1. The van der Waals surface area contributed by atoms with Crippen LogP contribution in [0.4, 0.5) is 0 Å². The predicted molar refractivity (Wildman–Crippen MR) is 62.5 cm³/mol. The normalized spacial score (nSPS) is 11.9. The maximum absolute atomic E-state index is 11.6. The number of nitrogens with zero attached hydrogens (tertiary/aromatic N) is 1. The largest absolute Gasteiger partial charge is 0.480 e. The van der Waals surface area contributed by atoms with Gasteiger partial charge in [0.2, 0.25) is 5.91 Å². The number of amides is 1. The van der Waals surface area contributed by atoms with Crippen LogP contribution in [0, 0.1) is 6.92 Å². The number of hydrogen-bond acceptors (Lipinski definition) is 3. The molecule has 0 saturated carbocycles. The van der Waals surface area contributed by atoms with Crippen LogP contribution in [0.1, 0.15) is 24.6 Å². The first-order chi connectivity index (χ1) is 8.04. The van der Waals surface area contributed by atoms with Crippen LogP contribution in [-0.2, 0) is 16.0 Å². The summed E-state index contributed by atoms with van der Waals surface area (Å²) in [5.74, 6) is -1.33. The molecular weight excluding hydrogens is 220 g/mol. The van der Waals surface area contributed by atoms with Gasteiger partial charge in [-0.2, -0.15) is 0 Å². The molecule has 0 aliphatic rings. The van der Waals surface area contributed by atoms with E-state index in [1.165, 1.54) is 0 Å². The summed E-state index contributed by atoms with van der Waals surface area (Å²) in [5.41, 5.74) is 1.59. The Morgan fingerprint density at radius 1 is 1.53 bits per heavy atom. The van der Waals surface area contributed by atoms with Crippen molar-refractivity contribution >= 4 is 11.9 Å². The van der Waals surface area contributed by atoms with Crippen molar-refractivity contribution in [1.29, 1.82) is 0 Å². The number of aromatic nitrogens is 1. The summed E-state index contributed by atoms with van der Waals surface area (Å²) >= 11 is 0. The van der Waals surface area contributed by atoms with Gasteiger partial charge >= 0.3 is 5.97 Å². The van der Waals surface area contributed by atoms with Gasteiger partial charge in [0, 0.05) is 6.20 Å². The molecule has 1 atom stereocenters. The number of nitrogens with one attached hydrogen (secondary N) is 1. The van der Waals surface area contributed by atoms with E-state index in [0.29, 0.717) is 12.1 Å². The summed E-state index contributed by atoms with van der Waals surface area (Å²) < 4.78 is 0. The third-order valence-corrected chi connectivity index (χ3v) is 2.49. The smallest absolute Gasteiger partial charge is 0.326 e. The SMILES string of the molecule is CC[C@H](NC(=O)Cc1ncccc1C)C(=O)O. The van der Waals surface area contributed by atoms with Crippen LogP contribution in [0.15, 0.2) is 18.3 Å². The van der Waals surface area contributed by atoms with Crippen molar-refractivity contribution in [2.24, 2.45) is 0 Å². The van der Waals surface area contributed by atoms with Crippen LogP contribution >= 0.6 is 0 Å². The second kappa shape index (κ2) is 5.98. The van der Waals surface area contributed by atoms with Crippen LogP contribution in [0.3, 0.4) is 0 Å². The number of hydrogen-bond donors (Lipinski definition) is 2. The van der Waals surface area contributed by atoms with Crippen LogP contribution < -0.4 is 5.32 Å². The van der Waals surface area contributed by atoms with Crippen molar-refractivity contribution in [3.8, 4) is 0 Å². The summed E-state index contributed by atoms with van der Waals surface area (Å²) in [4.78, 5) is 26.5. The van der Waals surface area contributed by atoms with Crippen LogP contribution in [-0.4, -0.2) is 28.0 Å². The van der Waals surface area contributed by atoms with E-state index in [-0.39, 0.29) is 12.3 Å². The van der Waals surface area contributed by atoms with E-state index >= 15 is 0 Å². The third-order valence-electron chi connectivity index (χ3n) is 2.49. The zero-order chi connectivity index (χ0) is 12.8. The van der Waals surface area contributed by atoms with E-state index < -0.39 is 12.0 Å². The molecule has 1 aromatic heterocycles. The molecule has 0 saturated heterocycles. The second-order valence-corrected chi connectivity index (χ2v) is 3.81. The first kappa shape index (κ1) is 13.2. The van der Waals surface area contributed by atoms with Crippen LogP contribution in [0.5, 0.6) is 0 Å². The van der Waals surface area contributed by atoms with Gasteiger partial charge in [0.1, 0.15) is 6.04 Å². The van der Waals surface area contributed by atoms with Gasteiger partial charge in [-0.05, 0) is 25.0 Å². The highest BCUT2D eigenvalue weighted by molar-refractivity contribution is 5.84. The molecule has 0 fully saturated rings. The first-order valence-electron chi connectivity index (χ1n) is 5.47. The van der Waals surface area contributed by atoms with E-state index in [1.54, 1.807) is 19.2 Å². The zero-order valence-corrected chi connectivity index (χ0v) is 9.93. The van der Waals surface area contributed by atoms with E-state index in [2.05, 4.69) is 10.3 Å². The highest BCUT2D eigenvalue weighted by atomic mass is 16.4. The Labute approximate surface area is 99.9 Å². The van der Waals surface area contributed by atoms with Crippen molar-refractivity contribution in [3.05, 3.63) is 29.6 Å². The fraction of sp³-hybridized carbons (Fsp3) is 0.417. The standard InChI is InChI=1S/C12H16N2O3/c1-3-9(12(16)17)14-11(15)7-10-8(2)5-4-6-13-10/h4-6,9H,3,7H2,1-2H3,(H,14,15)(H,16,17)/t9-/m0/s1. The number of aliphatic carboxylic acids is 1. The topological polar surface area (TPSA) is 79.3 Å². The lowest BCUT2D eigenvalue weighted by atomic mass is 10.1. The average Bonchev–Trinajstić information content (AvgIpc) is 2.28. The monoisotopic (exact) mass is 236 g/mol. The van der Waals surface area contributed by atoms with Crippen molar-refractivity contribution in [2.75, 3.05) is 0 Å². The van der Waals surface area contributed by atoms with Crippen molar-refractivity contribution in [2.45, 2.75) is 32.7 Å². The number of carboxylic acid groups (broad SMARTS) is 1. The lowest BCUT2D eigenvalue weighted by molar-refractivity contribution is -0.141. The molecule has 0 bridgehead atoms. The van der Waals surface area contributed by atoms with Gasteiger partial charge in [-0.3, -0.25) is 9.78 Å². The maximum Gasteiger partial charge on any atom is 0.326 e. The maximum atomic E-state index is 11.6. The minimum atomic E-state index is -1.02. The summed E-state index contributed by atoms with van der Waals surface area (Å²) in [5, 5.41) is 11.3. The lowest BCUT2D eigenvalue weighted by Gasteiger charge is -2.12. The molecule has 0 aliphatic carbocycles. The summed E-state index contributed by atoms with van der Waals surface area (Å²) in [6, 6.07) is 2.83. The number of carbonyl (C=O) groups is 2. The minimum Gasteiger partial charge on any atom is -0.480 e. The molecule has 2 N–H and O–H groups in total. The van der Waals surface area contributed by atoms with Gasteiger partial charge in [-0.15, -0.1) is 0 Å². The summed E-state index contributed by atoms with van der Waals surface area (Å²) in [6.45, 7) is 3.58. The summed E-state index contributed by atoms with van der Waals surface area (Å²) in [6.07, 6.45) is 2.09. The molecule has 1 rings (SSSR count). The van der Waals surface area contributed by atoms with Crippen molar-refractivity contribution in [3.63, 3.8) is 0 Å². The number of aryl methyl sites for hydroxylation is 1. The Bertz CT molecular complexity index is 418. The Balaban J connectivity index is 2.61. The van der Waals surface area contributed by atoms with E-state index in [9.17, 15) is 9.59 Å². The van der Waals surface area contributed by atoms with Gasteiger partial charge in [0.25, 0.3) is 0 Å². The number of pyridine rings is 1. The van der Waals surface area contributed by atoms with E-state index in [0.717, 1.165) is 5.56 Å². The molecule has 5 heteroatoms. The van der Waals surface area contributed by atoms with Crippen molar-refractivity contribution in [1.82, 2.24) is 10.3 Å². The lowest BCUT2D eigenvalue weighted by Crippen LogP contribution is -2.41. The first-order valence-corrected chi connectivity index (χ1v) is 5.47. The fourth-order valence-electron chi connectivity index (χ4n) is 1.44. The van der Waals surface area contributed by atoms with Gasteiger partial charge in [-0.25, -0.2) is 4.79 Å². The summed E-state index contributed by atoms with van der Waals surface area (Å²) in [7, 11) is 0. The quantitative estimate of drug-likeness (QED) is 0.796. The highest BCUT2D eigenvalue weighted by Crippen LogP contribution is 2.04. The Morgan fingerprint density at radius 2 is 2.24 bits per heavy atom. The molecule has 0 spiro atoms. The Morgan fingerprint density at radius 3 is 2.76 bits per heavy atom. The Hall–Kier alpha value is -1.91. The van der Waals surface area contributed by atoms with Crippen LogP contribution in [0.25, 0.3) is 0 Å². The molecule has 92 valence electrons. The molecule has 0 aliphatic heterocycles. The minimum absolute atomic E-state index is 0.108. The Kier molecular flexibility index (Phi) is 4.63. The molecule has 0 radical (unpaired) electrons. The van der Waals surface area contributed by atoms with E-state index in [1.807, 2.05) is 13.0 Å². The molecule has 1 amide bonds. The van der Waals surface area contributed by atoms with Gasteiger partial charge in [-0.1, -0.05) is 13.0 Å². The van der Waals surface area contributed by atoms with E-state index in [4.69, 9.17) is 5.11 Å². The molecule has 5 nitrogen and oxygen atoms in total. The fourth-order valence-corrected chi connectivity index (χ4v) is 1.44. The van der Waals surface area contributed by atoms with Crippen LogP contribution in [0.2, 0.25) is 0 Å². The average molecular weight is 236 g/mol. The highest BCUT2D eigenvalue weighted by Gasteiger charge is 2.18. The molecular formula is C12H16N2O3. The van der Waals surface area contributed by atoms with Gasteiger partial charge in [0.15, 0.2) is 0 Å². The third kappa shape index (κ3) is 3.86. The molecule has 0 unspecified atom stereocenters. The number of rotatable bonds is 5. The molecule has 1 heterocycles. The molecule has 1 aromatic rings. The predicted octanol–water partition coefficient (Wildman–Crippen LogP) is 0.912. The van der Waals surface area contributed by atoms with Crippen molar-refractivity contribution < 1.29 is 14.7 Å². The van der Waals surface area contributed by atoms with Gasteiger partial charge in [0.05, 0.1) is 12.1 Å². The molecule has 17 heavy (non-hydrogen) atoms. The second-order valence-electron chi connectivity index (χ2n) is 3.81.